The highest BCUT2D eigenvalue weighted by Gasteiger charge is 2.24. The molecule has 1 aliphatic heterocycles. The molecule has 0 aliphatic carbocycles. The number of hydrazine groups is 1. The van der Waals surface area contributed by atoms with E-state index < -0.39 is 0 Å². The van der Waals surface area contributed by atoms with Crippen molar-refractivity contribution in [3.8, 4) is 5.75 Å². The van der Waals surface area contributed by atoms with Gasteiger partial charge >= 0.3 is 0 Å². The second kappa shape index (κ2) is 5.69. The van der Waals surface area contributed by atoms with Gasteiger partial charge in [0.15, 0.2) is 0 Å². The van der Waals surface area contributed by atoms with Crippen LogP contribution in [0.4, 0.5) is 5.82 Å². The van der Waals surface area contributed by atoms with Crippen LogP contribution in [0.15, 0.2) is 24.3 Å². The molecule has 0 spiro atoms. The van der Waals surface area contributed by atoms with Gasteiger partial charge < -0.3 is 10.2 Å². The Labute approximate surface area is 124 Å². The lowest BCUT2D eigenvalue weighted by atomic mass is 9.95. The maximum absolute atomic E-state index is 5.83. The first-order valence-corrected chi connectivity index (χ1v) is 7.27. The molecule has 3 rings (SSSR count). The van der Waals surface area contributed by atoms with E-state index in [-0.39, 0.29) is 5.92 Å². The van der Waals surface area contributed by atoms with E-state index in [1.165, 1.54) is 5.56 Å². The topological polar surface area (TPSA) is 73.1 Å². The zero-order chi connectivity index (χ0) is 14.8. The van der Waals surface area contributed by atoms with Crippen LogP contribution < -0.4 is 16.0 Å². The lowest BCUT2D eigenvalue weighted by molar-refractivity contribution is 0.257. The van der Waals surface area contributed by atoms with E-state index in [1.54, 1.807) is 0 Å². The van der Waals surface area contributed by atoms with Crippen LogP contribution in [0.25, 0.3) is 0 Å². The fourth-order valence-electron chi connectivity index (χ4n) is 2.84. The average Bonchev–Trinajstić information content (AvgIpc) is 2.53. The summed E-state index contributed by atoms with van der Waals surface area (Å²) in [7, 11) is 0. The van der Waals surface area contributed by atoms with Gasteiger partial charge in [0.2, 0.25) is 0 Å². The maximum atomic E-state index is 5.83. The predicted molar refractivity (Wildman–Crippen MR) is 82.3 cm³/mol. The number of para-hydroxylation sites is 1. The van der Waals surface area contributed by atoms with Crippen molar-refractivity contribution in [1.82, 2.24) is 9.97 Å². The smallest absolute Gasteiger partial charge is 0.147 e. The van der Waals surface area contributed by atoms with E-state index in [9.17, 15) is 0 Å². The molecular weight excluding hydrogens is 264 g/mol. The van der Waals surface area contributed by atoms with Gasteiger partial charge in [-0.25, -0.2) is 15.8 Å². The number of ether oxygens (including phenoxy) is 1. The van der Waals surface area contributed by atoms with Crippen molar-refractivity contribution in [2.24, 2.45) is 5.84 Å². The largest absolute Gasteiger partial charge is 0.493 e. The van der Waals surface area contributed by atoms with Crippen LogP contribution >= 0.6 is 0 Å². The number of nitrogens with two attached hydrogens (primary N) is 1. The first-order valence-electron chi connectivity index (χ1n) is 7.27. The van der Waals surface area contributed by atoms with Gasteiger partial charge in [-0.2, -0.15) is 0 Å². The molecule has 110 valence electrons. The van der Waals surface area contributed by atoms with Crippen molar-refractivity contribution in [3.05, 3.63) is 46.9 Å². The molecule has 1 aromatic carbocycles. The quantitative estimate of drug-likeness (QED) is 0.668. The number of aromatic nitrogens is 2. The van der Waals surface area contributed by atoms with Gasteiger partial charge in [-0.1, -0.05) is 25.1 Å². The third-order valence-electron chi connectivity index (χ3n) is 3.97. The summed E-state index contributed by atoms with van der Waals surface area (Å²) in [6.07, 6.45) is 1.75. The summed E-state index contributed by atoms with van der Waals surface area (Å²) in [4.78, 5) is 9.25. The number of nitrogen functional groups attached to an aromatic ring is 1. The Balaban J connectivity index is 1.93. The second-order valence-corrected chi connectivity index (χ2v) is 5.31. The zero-order valence-corrected chi connectivity index (χ0v) is 12.4. The number of aryl methyl sites for hydroxylation is 1. The Bertz CT molecular complexity index is 657. The molecule has 0 amide bonds. The van der Waals surface area contributed by atoms with Crippen LogP contribution in [0.3, 0.4) is 0 Å². The van der Waals surface area contributed by atoms with Crippen LogP contribution in [0.1, 0.15) is 35.5 Å². The van der Waals surface area contributed by atoms with Crippen LogP contribution in [-0.4, -0.2) is 16.6 Å². The summed E-state index contributed by atoms with van der Waals surface area (Å²) in [6, 6.07) is 8.12. The Hall–Kier alpha value is -2.14. The Morgan fingerprint density at radius 1 is 1.33 bits per heavy atom. The predicted octanol–water partition coefficient (Wildman–Crippen LogP) is 2.35. The highest BCUT2D eigenvalue weighted by Crippen LogP contribution is 2.31. The molecule has 2 heterocycles. The number of nitrogens with one attached hydrogen (secondary N) is 1. The molecule has 5 nitrogen and oxygen atoms in total. The standard InChI is InChI=1S/C16H20N4O/c1-3-13-10(2)18-15(19-16(13)20-17)12-8-11-6-4-5-7-14(11)21-9-12/h4-7,12H,3,8-9,17H2,1-2H3,(H,18,19,20). The van der Waals surface area contributed by atoms with Crippen LogP contribution in [0.5, 0.6) is 5.75 Å². The molecule has 0 saturated heterocycles. The minimum atomic E-state index is 0.164. The zero-order valence-electron chi connectivity index (χ0n) is 12.4. The van der Waals surface area contributed by atoms with Gasteiger partial charge in [0, 0.05) is 11.3 Å². The molecule has 2 aromatic rings. The molecule has 1 aromatic heterocycles. The van der Waals surface area contributed by atoms with E-state index in [2.05, 4.69) is 28.4 Å². The van der Waals surface area contributed by atoms with Crippen LogP contribution in [0, 0.1) is 6.92 Å². The summed E-state index contributed by atoms with van der Waals surface area (Å²) in [5.41, 5.74) is 5.95. The third kappa shape index (κ3) is 2.56. The van der Waals surface area contributed by atoms with Gasteiger partial charge in [-0.15, -0.1) is 0 Å². The Morgan fingerprint density at radius 2 is 2.14 bits per heavy atom. The van der Waals surface area contributed by atoms with Gasteiger partial charge in [0.1, 0.15) is 17.4 Å². The number of fused-ring (bicyclic) bond motifs is 1. The van der Waals surface area contributed by atoms with Crippen molar-refractivity contribution in [3.63, 3.8) is 0 Å². The number of hydrogen-bond donors (Lipinski definition) is 2. The van der Waals surface area contributed by atoms with Crippen molar-refractivity contribution < 1.29 is 4.74 Å². The van der Waals surface area contributed by atoms with E-state index in [1.807, 2.05) is 25.1 Å². The number of rotatable bonds is 3. The molecular formula is C16H20N4O. The summed E-state index contributed by atoms with van der Waals surface area (Å²) in [5, 5.41) is 0. The molecule has 3 N–H and O–H groups in total. The Kier molecular flexibility index (Phi) is 3.75. The van der Waals surface area contributed by atoms with Crippen molar-refractivity contribution in [1.29, 1.82) is 0 Å². The van der Waals surface area contributed by atoms with Gasteiger partial charge in [-0.05, 0) is 31.4 Å². The second-order valence-electron chi connectivity index (χ2n) is 5.31. The van der Waals surface area contributed by atoms with E-state index in [0.717, 1.165) is 41.5 Å². The molecule has 21 heavy (non-hydrogen) atoms. The fourth-order valence-corrected chi connectivity index (χ4v) is 2.84. The third-order valence-corrected chi connectivity index (χ3v) is 3.97. The first-order chi connectivity index (χ1) is 10.2. The lowest BCUT2D eigenvalue weighted by Crippen LogP contribution is -2.23. The first kappa shape index (κ1) is 13.8. The molecule has 0 fully saturated rings. The molecule has 5 heteroatoms. The van der Waals surface area contributed by atoms with Crippen molar-refractivity contribution >= 4 is 5.82 Å². The van der Waals surface area contributed by atoms with Crippen molar-refractivity contribution in [2.45, 2.75) is 32.6 Å². The summed E-state index contributed by atoms with van der Waals surface area (Å²) >= 11 is 0. The lowest BCUT2D eigenvalue weighted by Gasteiger charge is -2.25. The number of hydrogen-bond acceptors (Lipinski definition) is 5. The molecule has 1 atom stereocenters. The molecule has 0 bridgehead atoms. The van der Waals surface area contributed by atoms with E-state index >= 15 is 0 Å². The fraction of sp³-hybridized carbons (Fsp3) is 0.375. The average molecular weight is 284 g/mol. The number of nitrogens with zero attached hydrogens (tertiary/aromatic N) is 2. The minimum absolute atomic E-state index is 0.164. The van der Waals surface area contributed by atoms with E-state index in [0.29, 0.717) is 6.61 Å². The van der Waals surface area contributed by atoms with E-state index in [4.69, 9.17) is 10.6 Å². The highest BCUT2D eigenvalue weighted by atomic mass is 16.5. The van der Waals surface area contributed by atoms with Crippen LogP contribution in [-0.2, 0) is 12.8 Å². The SMILES string of the molecule is CCc1c(C)nc(C2COc3ccccc3C2)nc1NN. The Morgan fingerprint density at radius 3 is 2.90 bits per heavy atom. The van der Waals surface area contributed by atoms with Crippen molar-refractivity contribution in [2.75, 3.05) is 12.0 Å². The summed E-state index contributed by atoms with van der Waals surface area (Å²) < 4.78 is 5.83. The number of anilines is 1. The molecule has 0 radical (unpaired) electrons. The van der Waals surface area contributed by atoms with Gasteiger partial charge in [0.05, 0.1) is 12.5 Å². The summed E-state index contributed by atoms with van der Waals surface area (Å²) in [5.74, 6) is 8.25. The monoisotopic (exact) mass is 284 g/mol. The maximum Gasteiger partial charge on any atom is 0.147 e. The number of benzene rings is 1. The summed E-state index contributed by atoms with van der Waals surface area (Å²) in [6.45, 7) is 4.68. The van der Waals surface area contributed by atoms with Gasteiger partial charge in [-0.3, -0.25) is 0 Å². The molecule has 1 unspecified atom stereocenters. The van der Waals surface area contributed by atoms with Crippen LogP contribution in [0.2, 0.25) is 0 Å². The molecule has 0 saturated carbocycles. The minimum Gasteiger partial charge on any atom is -0.493 e. The highest BCUT2D eigenvalue weighted by molar-refractivity contribution is 5.46. The van der Waals surface area contributed by atoms with Gasteiger partial charge in [0.25, 0.3) is 0 Å². The normalized spacial score (nSPS) is 17.0. The molecule has 1 aliphatic rings.